The first-order valence-electron chi connectivity index (χ1n) is 25.4. The summed E-state index contributed by atoms with van der Waals surface area (Å²) in [5.41, 5.74) is 28.3. The minimum Gasteiger partial charge on any atom is -0.311 e. The van der Waals surface area contributed by atoms with Gasteiger partial charge in [0.2, 0.25) is 0 Å². The number of hydrogen-bond acceptors (Lipinski definition) is 2. The molecular weight excluding hydrogens is 844 g/mol. The largest absolute Gasteiger partial charge is 0.311 e. The van der Waals surface area contributed by atoms with Crippen molar-refractivity contribution >= 4 is 57.2 Å². The number of para-hydroxylation sites is 2. The first kappa shape index (κ1) is 39.8. The lowest BCUT2D eigenvalue weighted by Crippen LogP contribution is -2.61. The van der Waals surface area contributed by atoms with Gasteiger partial charge < -0.3 is 9.80 Å². The van der Waals surface area contributed by atoms with E-state index in [1.807, 2.05) is 0 Å². The molecule has 330 valence electrons. The van der Waals surface area contributed by atoms with Crippen LogP contribution in [0.4, 0.5) is 34.1 Å². The molecule has 0 bridgehead atoms. The van der Waals surface area contributed by atoms with Gasteiger partial charge in [0.1, 0.15) is 0 Å². The number of anilines is 6. The van der Waals surface area contributed by atoms with E-state index in [4.69, 9.17) is 0 Å². The molecule has 3 aliphatic carbocycles. The zero-order chi connectivity index (χ0) is 45.9. The fourth-order valence-electron chi connectivity index (χ4n) is 13.7. The first-order valence-corrected chi connectivity index (χ1v) is 25.4. The van der Waals surface area contributed by atoms with E-state index in [-0.39, 0.29) is 12.1 Å². The average Bonchev–Trinajstić information content (AvgIpc) is 3.91. The lowest BCUT2D eigenvalue weighted by molar-refractivity contribution is 0.444. The van der Waals surface area contributed by atoms with Crippen LogP contribution in [0.15, 0.2) is 231 Å². The summed E-state index contributed by atoms with van der Waals surface area (Å²) in [6.45, 7) is 0.0597. The van der Waals surface area contributed by atoms with Crippen LogP contribution in [0, 0.1) is 0 Å². The number of fused-ring (bicyclic) bond motifs is 14. The van der Waals surface area contributed by atoms with E-state index >= 15 is 0 Å². The van der Waals surface area contributed by atoms with Crippen molar-refractivity contribution < 1.29 is 0 Å². The molecule has 10 aromatic carbocycles. The molecule has 70 heavy (non-hydrogen) atoms. The highest BCUT2D eigenvalue weighted by Gasteiger charge is 2.51. The number of nitrogens with zero attached hydrogens (tertiary/aromatic N) is 2. The van der Waals surface area contributed by atoms with Crippen LogP contribution in [0.25, 0.3) is 44.5 Å². The van der Waals surface area contributed by atoms with E-state index in [9.17, 15) is 0 Å². The maximum atomic E-state index is 2.60. The molecule has 0 aromatic heterocycles. The van der Waals surface area contributed by atoms with Crippen molar-refractivity contribution in [1.29, 1.82) is 0 Å². The molecule has 15 rings (SSSR count). The smallest absolute Gasteiger partial charge is 0.252 e. The molecule has 1 saturated carbocycles. The van der Waals surface area contributed by atoms with Gasteiger partial charge in [0, 0.05) is 34.1 Å². The maximum Gasteiger partial charge on any atom is 0.252 e. The van der Waals surface area contributed by atoms with Crippen LogP contribution in [0.2, 0.25) is 0 Å². The van der Waals surface area contributed by atoms with Crippen molar-refractivity contribution in [2.45, 2.75) is 43.4 Å². The van der Waals surface area contributed by atoms with Crippen molar-refractivity contribution in [3.05, 3.63) is 258 Å². The van der Waals surface area contributed by atoms with E-state index in [1.165, 1.54) is 155 Å². The quantitative estimate of drug-likeness (QED) is 0.159. The van der Waals surface area contributed by atoms with Crippen LogP contribution < -0.4 is 26.2 Å². The second-order valence-electron chi connectivity index (χ2n) is 20.1. The van der Waals surface area contributed by atoms with Crippen LogP contribution in [-0.2, 0) is 5.41 Å². The standard InChI is InChI=1S/C67H49BN2/c1-4-18-44(19-5-1)48-35-39-63-61(41-48)68-60-30-16-17-31-62(60)69(50-22-8-3-9-23-50)64-42-49(45-20-6-2-7-21-45)43-65(66(64)68)70(63)51-36-32-46(33-37-51)47-34-38-55-54-26-12-15-29-58(54)67(59(55)40-47)56-27-13-10-24-52(56)53-25-11-14-28-57(53)67/h1,3-5,8-19,22-43,45H,2,6-7,20-21H2. The van der Waals surface area contributed by atoms with Gasteiger partial charge >= 0.3 is 0 Å². The molecule has 3 heteroatoms. The van der Waals surface area contributed by atoms with Gasteiger partial charge in [-0.2, -0.15) is 0 Å². The van der Waals surface area contributed by atoms with E-state index in [2.05, 4.69) is 240 Å². The van der Waals surface area contributed by atoms with Crippen LogP contribution in [0.5, 0.6) is 0 Å². The average molecular weight is 893 g/mol. The van der Waals surface area contributed by atoms with Gasteiger partial charge in [-0.3, -0.25) is 0 Å². The summed E-state index contributed by atoms with van der Waals surface area (Å²) in [6, 6.07) is 87.6. The lowest BCUT2D eigenvalue weighted by atomic mass is 9.33. The minimum absolute atomic E-state index is 0.0597. The molecule has 0 atom stereocenters. The molecular formula is C67H49BN2. The number of hydrogen-bond donors (Lipinski definition) is 0. The van der Waals surface area contributed by atoms with Crippen LogP contribution in [0.3, 0.4) is 0 Å². The SMILES string of the molecule is c1ccc(-c2ccc3c(c2)B2c4ccccc4N(c4ccccc4)c4cc(C5CCCCC5)cc(c42)N3c2ccc(-c3ccc4c(c3)C3(c5ccccc5-c5ccccc53)c3ccccc3-4)cc2)cc1. The van der Waals surface area contributed by atoms with Crippen molar-refractivity contribution in [2.75, 3.05) is 9.80 Å². The van der Waals surface area contributed by atoms with E-state index < -0.39 is 0 Å². The first-order chi connectivity index (χ1) is 34.7. The molecule has 5 aliphatic rings. The Hall–Kier alpha value is -8.14. The summed E-state index contributed by atoms with van der Waals surface area (Å²) in [4.78, 5) is 5.16. The Kier molecular flexibility index (Phi) is 8.78. The Morgan fingerprint density at radius 2 is 0.829 bits per heavy atom. The van der Waals surface area contributed by atoms with E-state index in [1.54, 1.807) is 0 Å². The zero-order valence-electron chi connectivity index (χ0n) is 39.0. The molecule has 1 spiro atoms. The van der Waals surface area contributed by atoms with Gasteiger partial charge in [-0.25, -0.2) is 0 Å². The Labute approximate surface area is 411 Å². The van der Waals surface area contributed by atoms with E-state index in [0.717, 1.165) is 0 Å². The van der Waals surface area contributed by atoms with E-state index in [0.29, 0.717) is 5.92 Å². The third-order valence-corrected chi connectivity index (χ3v) is 16.7. The van der Waals surface area contributed by atoms with Gasteiger partial charge in [-0.1, -0.05) is 195 Å². The highest BCUT2D eigenvalue weighted by molar-refractivity contribution is 7.00. The summed E-state index contributed by atoms with van der Waals surface area (Å²) in [7, 11) is 0. The van der Waals surface area contributed by atoms with Crippen molar-refractivity contribution in [2.24, 2.45) is 0 Å². The van der Waals surface area contributed by atoms with Crippen molar-refractivity contribution in [3.8, 4) is 44.5 Å². The van der Waals surface area contributed by atoms with Gasteiger partial charge in [0.25, 0.3) is 6.71 Å². The third-order valence-electron chi connectivity index (χ3n) is 16.7. The fraction of sp³-hybridized carbons (Fsp3) is 0.104. The molecule has 0 N–H and O–H groups in total. The topological polar surface area (TPSA) is 6.48 Å². The highest BCUT2D eigenvalue weighted by atomic mass is 15.2. The molecule has 0 radical (unpaired) electrons. The van der Waals surface area contributed by atoms with Crippen molar-refractivity contribution in [3.63, 3.8) is 0 Å². The monoisotopic (exact) mass is 892 g/mol. The molecule has 0 unspecified atom stereocenters. The second kappa shape index (κ2) is 15.4. The normalized spacial score (nSPS) is 15.4. The minimum atomic E-state index is -0.379. The molecule has 2 aliphatic heterocycles. The number of benzene rings is 10. The molecule has 0 amide bonds. The second-order valence-corrected chi connectivity index (χ2v) is 20.1. The maximum absolute atomic E-state index is 2.60. The summed E-state index contributed by atoms with van der Waals surface area (Å²) in [6.07, 6.45) is 6.37. The Bertz CT molecular complexity index is 3660. The predicted molar refractivity (Wildman–Crippen MR) is 293 cm³/mol. The molecule has 10 aromatic rings. The Balaban J connectivity index is 0.926. The summed E-state index contributed by atoms with van der Waals surface area (Å²) in [5.74, 6) is 0.530. The van der Waals surface area contributed by atoms with Crippen LogP contribution >= 0.6 is 0 Å². The van der Waals surface area contributed by atoms with Gasteiger partial charge in [-0.05, 0) is 162 Å². The van der Waals surface area contributed by atoms with Crippen molar-refractivity contribution in [1.82, 2.24) is 0 Å². The third kappa shape index (κ3) is 5.64. The molecule has 0 saturated heterocycles. The fourth-order valence-corrected chi connectivity index (χ4v) is 13.7. The number of rotatable bonds is 5. The lowest BCUT2D eigenvalue weighted by Gasteiger charge is -2.45. The summed E-state index contributed by atoms with van der Waals surface area (Å²) < 4.78 is 0. The molecule has 1 fully saturated rings. The summed E-state index contributed by atoms with van der Waals surface area (Å²) in [5, 5.41) is 0. The predicted octanol–water partition coefficient (Wildman–Crippen LogP) is 15.5. The Morgan fingerprint density at radius 1 is 0.343 bits per heavy atom. The Morgan fingerprint density at radius 3 is 1.49 bits per heavy atom. The van der Waals surface area contributed by atoms with Gasteiger partial charge in [0.15, 0.2) is 0 Å². The van der Waals surface area contributed by atoms with Gasteiger partial charge in [-0.15, -0.1) is 0 Å². The zero-order valence-corrected chi connectivity index (χ0v) is 39.0. The highest BCUT2D eigenvalue weighted by Crippen LogP contribution is 2.63. The summed E-state index contributed by atoms with van der Waals surface area (Å²) >= 11 is 0. The van der Waals surface area contributed by atoms with Gasteiger partial charge in [0.05, 0.1) is 5.41 Å². The van der Waals surface area contributed by atoms with Crippen LogP contribution in [-0.4, -0.2) is 6.71 Å². The molecule has 2 nitrogen and oxygen atoms in total. The molecule has 2 heterocycles. The van der Waals surface area contributed by atoms with Crippen LogP contribution in [0.1, 0.15) is 65.8 Å².